The van der Waals surface area contributed by atoms with Crippen LogP contribution in [0.2, 0.25) is 0 Å². The topological polar surface area (TPSA) is 75.9 Å². The smallest absolute Gasteiger partial charge is 0.257 e. The molecule has 0 spiro atoms. The Morgan fingerprint density at radius 1 is 1.14 bits per heavy atom. The van der Waals surface area contributed by atoms with Crippen molar-refractivity contribution in [1.29, 1.82) is 0 Å². The van der Waals surface area contributed by atoms with Crippen LogP contribution in [0.4, 0.5) is 0 Å². The predicted octanol–water partition coefficient (Wildman–Crippen LogP) is 0.719. The third-order valence-electron chi connectivity index (χ3n) is 3.70. The zero-order valence-corrected chi connectivity index (χ0v) is 13.0. The molecule has 6 nitrogen and oxygen atoms in total. The van der Waals surface area contributed by atoms with E-state index in [0.29, 0.717) is 57.1 Å². The highest BCUT2D eigenvalue weighted by molar-refractivity contribution is 5.97. The zero-order chi connectivity index (χ0) is 15.9. The van der Waals surface area contributed by atoms with Gasteiger partial charge in [0.1, 0.15) is 5.75 Å². The maximum atomic E-state index is 12.6. The van der Waals surface area contributed by atoms with Gasteiger partial charge in [0.15, 0.2) is 0 Å². The van der Waals surface area contributed by atoms with Crippen LogP contribution in [0, 0.1) is 0 Å². The van der Waals surface area contributed by atoms with Crippen LogP contribution in [-0.2, 0) is 4.79 Å². The van der Waals surface area contributed by atoms with Crippen LogP contribution in [-0.4, -0.2) is 60.9 Å². The van der Waals surface area contributed by atoms with Crippen LogP contribution in [0.1, 0.15) is 23.7 Å². The normalized spacial score (nSPS) is 14.8. The third kappa shape index (κ3) is 3.76. The van der Waals surface area contributed by atoms with E-state index < -0.39 is 0 Å². The average molecular weight is 305 g/mol. The number of carbonyl (C=O) groups excluding carboxylic acids is 2. The lowest BCUT2D eigenvalue weighted by molar-refractivity contribution is -0.132. The summed E-state index contributed by atoms with van der Waals surface area (Å²) < 4.78 is 5.51. The molecule has 120 valence electrons. The van der Waals surface area contributed by atoms with Gasteiger partial charge in [0.25, 0.3) is 5.91 Å². The molecule has 2 N–H and O–H groups in total. The molecule has 1 aromatic rings. The van der Waals surface area contributed by atoms with E-state index in [9.17, 15) is 9.59 Å². The molecule has 1 aliphatic rings. The monoisotopic (exact) mass is 305 g/mol. The van der Waals surface area contributed by atoms with Crippen molar-refractivity contribution in [3.8, 4) is 5.75 Å². The van der Waals surface area contributed by atoms with E-state index in [0.717, 1.165) is 0 Å². The molecule has 0 unspecified atom stereocenters. The Labute approximate surface area is 130 Å². The summed E-state index contributed by atoms with van der Waals surface area (Å²) in [6.07, 6.45) is 0.362. The first-order chi connectivity index (χ1) is 10.7. The highest BCUT2D eigenvalue weighted by atomic mass is 16.5. The number of rotatable bonds is 5. The minimum absolute atomic E-state index is 0.0463. The lowest BCUT2D eigenvalue weighted by atomic mass is 10.1. The van der Waals surface area contributed by atoms with E-state index in [2.05, 4.69) is 0 Å². The molecule has 2 rings (SSSR count). The van der Waals surface area contributed by atoms with Crippen molar-refractivity contribution in [2.45, 2.75) is 13.3 Å². The van der Waals surface area contributed by atoms with Crippen molar-refractivity contribution in [1.82, 2.24) is 9.80 Å². The summed E-state index contributed by atoms with van der Waals surface area (Å²) in [6.45, 7) is 4.96. The molecule has 0 saturated carbocycles. The van der Waals surface area contributed by atoms with Gasteiger partial charge in [-0.05, 0) is 19.1 Å². The molecule has 0 atom stereocenters. The van der Waals surface area contributed by atoms with Gasteiger partial charge < -0.3 is 20.3 Å². The van der Waals surface area contributed by atoms with E-state index in [-0.39, 0.29) is 11.8 Å². The van der Waals surface area contributed by atoms with Crippen LogP contribution in [0.5, 0.6) is 5.75 Å². The van der Waals surface area contributed by atoms with Gasteiger partial charge in [-0.15, -0.1) is 0 Å². The molecule has 0 bridgehead atoms. The van der Waals surface area contributed by atoms with Crippen molar-refractivity contribution >= 4 is 11.8 Å². The minimum atomic E-state index is -0.0463. The zero-order valence-electron chi connectivity index (χ0n) is 13.0. The molecule has 0 aliphatic carbocycles. The molecule has 1 fully saturated rings. The number of hydrogen-bond acceptors (Lipinski definition) is 4. The van der Waals surface area contributed by atoms with E-state index >= 15 is 0 Å². The molecule has 1 saturated heterocycles. The summed E-state index contributed by atoms with van der Waals surface area (Å²) >= 11 is 0. The van der Waals surface area contributed by atoms with Crippen molar-refractivity contribution in [2.75, 3.05) is 39.3 Å². The highest BCUT2D eigenvalue weighted by Crippen LogP contribution is 2.20. The summed E-state index contributed by atoms with van der Waals surface area (Å²) in [6, 6.07) is 7.26. The number of amides is 2. The molecule has 1 heterocycles. The number of nitrogens with zero attached hydrogens (tertiary/aromatic N) is 2. The Morgan fingerprint density at radius 2 is 1.77 bits per heavy atom. The summed E-state index contributed by atoms with van der Waals surface area (Å²) in [5, 5.41) is 0. The van der Waals surface area contributed by atoms with Gasteiger partial charge in [-0.1, -0.05) is 12.1 Å². The predicted molar refractivity (Wildman–Crippen MR) is 83.8 cm³/mol. The molecule has 0 radical (unpaired) electrons. The number of piperazine rings is 1. The Bertz CT molecular complexity index is 525. The maximum absolute atomic E-state index is 12.6. The van der Waals surface area contributed by atoms with Gasteiger partial charge in [0, 0.05) is 39.1 Å². The van der Waals surface area contributed by atoms with Gasteiger partial charge in [-0.25, -0.2) is 0 Å². The van der Waals surface area contributed by atoms with Gasteiger partial charge in [-0.2, -0.15) is 0 Å². The first-order valence-electron chi connectivity index (χ1n) is 7.66. The fourth-order valence-corrected chi connectivity index (χ4v) is 2.54. The number of para-hydroxylation sites is 1. The average Bonchev–Trinajstić information content (AvgIpc) is 2.55. The van der Waals surface area contributed by atoms with Crippen LogP contribution in [0.25, 0.3) is 0 Å². The number of benzene rings is 1. The highest BCUT2D eigenvalue weighted by Gasteiger charge is 2.25. The van der Waals surface area contributed by atoms with Crippen molar-refractivity contribution in [3.63, 3.8) is 0 Å². The Hall–Kier alpha value is -2.08. The van der Waals surface area contributed by atoms with Crippen molar-refractivity contribution in [2.24, 2.45) is 5.73 Å². The number of ether oxygens (including phenoxy) is 1. The second kappa shape index (κ2) is 7.79. The van der Waals surface area contributed by atoms with Crippen LogP contribution in [0.3, 0.4) is 0 Å². The van der Waals surface area contributed by atoms with E-state index in [1.807, 2.05) is 19.1 Å². The van der Waals surface area contributed by atoms with Gasteiger partial charge >= 0.3 is 0 Å². The van der Waals surface area contributed by atoms with Crippen molar-refractivity contribution in [3.05, 3.63) is 29.8 Å². The molecule has 22 heavy (non-hydrogen) atoms. The summed E-state index contributed by atoms with van der Waals surface area (Å²) in [4.78, 5) is 28.0. The fourth-order valence-electron chi connectivity index (χ4n) is 2.54. The van der Waals surface area contributed by atoms with Crippen LogP contribution >= 0.6 is 0 Å². The standard InChI is InChI=1S/C16H23N3O3/c1-2-22-14-6-4-3-5-13(14)16(21)19-11-9-18(10-12-19)15(20)7-8-17/h3-6H,2,7-12,17H2,1H3. The Morgan fingerprint density at radius 3 is 2.41 bits per heavy atom. The summed E-state index contributed by atoms with van der Waals surface area (Å²) in [5.41, 5.74) is 5.98. The number of hydrogen-bond donors (Lipinski definition) is 1. The van der Waals surface area contributed by atoms with Crippen LogP contribution < -0.4 is 10.5 Å². The minimum Gasteiger partial charge on any atom is -0.493 e. The first-order valence-corrected chi connectivity index (χ1v) is 7.66. The SMILES string of the molecule is CCOc1ccccc1C(=O)N1CCN(C(=O)CCN)CC1. The number of nitrogens with two attached hydrogens (primary N) is 1. The molecular formula is C16H23N3O3. The van der Waals surface area contributed by atoms with E-state index in [1.54, 1.807) is 21.9 Å². The molecule has 1 aliphatic heterocycles. The lowest BCUT2D eigenvalue weighted by Crippen LogP contribution is -2.50. The maximum Gasteiger partial charge on any atom is 0.257 e. The largest absolute Gasteiger partial charge is 0.493 e. The molecule has 0 aromatic heterocycles. The van der Waals surface area contributed by atoms with E-state index in [1.165, 1.54) is 0 Å². The van der Waals surface area contributed by atoms with Crippen LogP contribution in [0.15, 0.2) is 24.3 Å². The number of carbonyl (C=O) groups is 2. The molecule has 6 heteroatoms. The third-order valence-corrected chi connectivity index (χ3v) is 3.70. The molecule has 1 aromatic carbocycles. The van der Waals surface area contributed by atoms with E-state index in [4.69, 9.17) is 10.5 Å². The van der Waals surface area contributed by atoms with Gasteiger partial charge in [0.2, 0.25) is 5.91 Å². The Kier molecular flexibility index (Phi) is 5.77. The quantitative estimate of drug-likeness (QED) is 0.869. The van der Waals surface area contributed by atoms with Crippen molar-refractivity contribution < 1.29 is 14.3 Å². The fraction of sp³-hybridized carbons (Fsp3) is 0.500. The summed E-state index contributed by atoms with van der Waals surface area (Å²) in [5.74, 6) is 0.621. The van der Waals surface area contributed by atoms with Gasteiger partial charge in [0.05, 0.1) is 12.2 Å². The first kappa shape index (κ1) is 16.3. The Balaban J connectivity index is 1.99. The second-order valence-corrected chi connectivity index (χ2v) is 5.14. The lowest BCUT2D eigenvalue weighted by Gasteiger charge is -2.35. The molecule has 2 amide bonds. The molecular weight excluding hydrogens is 282 g/mol. The van der Waals surface area contributed by atoms with Gasteiger partial charge in [-0.3, -0.25) is 9.59 Å². The summed E-state index contributed by atoms with van der Waals surface area (Å²) in [7, 11) is 0. The second-order valence-electron chi connectivity index (χ2n) is 5.14.